The predicted octanol–water partition coefficient (Wildman–Crippen LogP) is 0.513. The Balaban J connectivity index is 1.83. The third-order valence-corrected chi connectivity index (χ3v) is 3.25. The molecule has 2 rings (SSSR count). The van der Waals surface area contributed by atoms with Gasteiger partial charge in [0.2, 0.25) is 5.91 Å². The van der Waals surface area contributed by atoms with Crippen LogP contribution in [0.15, 0.2) is 24.3 Å². The topological polar surface area (TPSA) is 92.9 Å². The van der Waals surface area contributed by atoms with Gasteiger partial charge in [0, 0.05) is 5.69 Å². The Morgan fingerprint density at radius 3 is 2.75 bits per heavy atom. The number of hydrogen-bond acceptors (Lipinski definition) is 4. The summed E-state index contributed by atoms with van der Waals surface area (Å²) >= 11 is 0. The first-order valence-electron chi connectivity index (χ1n) is 6.36. The van der Waals surface area contributed by atoms with Crippen LogP contribution in [0.25, 0.3) is 0 Å². The SMILES string of the molecule is CC1(OCC(=O)O)CN(C(=O)Cc2cccc(N)c2)C1. The number of benzene rings is 1. The maximum absolute atomic E-state index is 12.0. The van der Waals surface area contributed by atoms with Gasteiger partial charge in [-0.3, -0.25) is 4.79 Å². The molecule has 1 fully saturated rings. The van der Waals surface area contributed by atoms with E-state index in [-0.39, 0.29) is 12.5 Å². The number of nitrogen functional groups attached to an aromatic ring is 1. The number of amides is 1. The molecule has 0 radical (unpaired) electrons. The molecular weight excluding hydrogens is 260 g/mol. The summed E-state index contributed by atoms with van der Waals surface area (Å²) in [6, 6.07) is 7.22. The number of anilines is 1. The minimum atomic E-state index is -1.00. The third kappa shape index (κ3) is 3.48. The van der Waals surface area contributed by atoms with E-state index in [1.54, 1.807) is 24.0 Å². The summed E-state index contributed by atoms with van der Waals surface area (Å²) in [6.07, 6.45) is 0.292. The minimum absolute atomic E-state index is 0.00741. The molecule has 1 heterocycles. The molecule has 0 unspecified atom stereocenters. The largest absolute Gasteiger partial charge is 0.480 e. The Morgan fingerprint density at radius 2 is 2.15 bits per heavy atom. The second-order valence-electron chi connectivity index (χ2n) is 5.30. The van der Waals surface area contributed by atoms with E-state index in [4.69, 9.17) is 15.6 Å². The van der Waals surface area contributed by atoms with E-state index in [0.717, 1.165) is 5.56 Å². The van der Waals surface area contributed by atoms with Gasteiger partial charge in [0.05, 0.1) is 19.5 Å². The summed E-state index contributed by atoms with van der Waals surface area (Å²) in [5.74, 6) is -1.01. The molecule has 108 valence electrons. The fourth-order valence-corrected chi connectivity index (χ4v) is 2.25. The van der Waals surface area contributed by atoms with E-state index < -0.39 is 11.6 Å². The molecule has 0 spiro atoms. The second-order valence-corrected chi connectivity index (χ2v) is 5.30. The number of nitrogens with zero attached hydrogens (tertiary/aromatic N) is 1. The molecule has 3 N–H and O–H groups in total. The zero-order valence-electron chi connectivity index (χ0n) is 11.3. The van der Waals surface area contributed by atoms with Crippen LogP contribution in [-0.4, -0.2) is 47.2 Å². The molecule has 0 saturated carbocycles. The van der Waals surface area contributed by atoms with Crippen LogP contribution in [0.3, 0.4) is 0 Å². The number of nitrogens with two attached hydrogens (primary N) is 1. The van der Waals surface area contributed by atoms with E-state index in [1.165, 1.54) is 0 Å². The summed E-state index contributed by atoms with van der Waals surface area (Å²) in [5.41, 5.74) is 6.62. The van der Waals surface area contributed by atoms with Crippen molar-refractivity contribution in [3.8, 4) is 0 Å². The molecule has 1 aromatic carbocycles. The van der Waals surface area contributed by atoms with Crippen LogP contribution in [0, 0.1) is 0 Å². The number of ether oxygens (including phenoxy) is 1. The lowest BCUT2D eigenvalue weighted by Crippen LogP contribution is -2.63. The number of carbonyl (C=O) groups is 2. The Bertz CT molecular complexity index is 524. The van der Waals surface area contributed by atoms with Gasteiger partial charge >= 0.3 is 5.97 Å². The minimum Gasteiger partial charge on any atom is -0.480 e. The van der Waals surface area contributed by atoms with Gasteiger partial charge in [0.15, 0.2) is 0 Å². The van der Waals surface area contributed by atoms with Crippen molar-refractivity contribution < 1.29 is 19.4 Å². The Hall–Kier alpha value is -2.08. The van der Waals surface area contributed by atoms with Crippen LogP contribution in [-0.2, 0) is 20.7 Å². The van der Waals surface area contributed by atoms with Crippen molar-refractivity contribution in [2.45, 2.75) is 18.9 Å². The van der Waals surface area contributed by atoms with Crippen molar-refractivity contribution in [3.05, 3.63) is 29.8 Å². The first-order valence-corrected chi connectivity index (χ1v) is 6.36. The average Bonchev–Trinajstić information content (AvgIpc) is 2.33. The number of likely N-dealkylation sites (tertiary alicyclic amines) is 1. The van der Waals surface area contributed by atoms with Crippen molar-refractivity contribution in [3.63, 3.8) is 0 Å². The number of rotatable bonds is 5. The van der Waals surface area contributed by atoms with Crippen molar-refractivity contribution in [2.24, 2.45) is 0 Å². The van der Waals surface area contributed by atoms with E-state index in [2.05, 4.69) is 0 Å². The van der Waals surface area contributed by atoms with Crippen molar-refractivity contribution in [1.82, 2.24) is 4.90 Å². The molecule has 1 aliphatic rings. The number of carbonyl (C=O) groups excluding carboxylic acids is 1. The van der Waals surface area contributed by atoms with Gasteiger partial charge < -0.3 is 20.5 Å². The molecule has 0 aromatic heterocycles. The quantitative estimate of drug-likeness (QED) is 0.766. The molecule has 6 nitrogen and oxygen atoms in total. The first kappa shape index (κ1) is 14.3. The van der Waals surface area contributed by atoms with Crippen LogP contribution in [0.5, 0.6) is 0 Å². The molecule has 0 atom stereocenters. The van der Waals surface area contributed by atoms with Gasteiger partial charge in [-0.05, 0) is 24.6 Å². The van der Waals surface area contributed by atoms with Crippen LogP contribution < -0.4 is 5.73 Å². The van der Waals surface area contributed by atoms with Crippen LogP contribution in [0.4, 0.5) is 5.69 Å². The van der Waals surface area contributed by atoms with E-state index in [1.807, 2.05) is 12.1 Å². The highest BCUT2D eigenvalue weighted by atomic mass is 16.5. The summed E-state index contributed by atoms with van der Waals surface area (Å²) in [6.45, 7) is 2.30. The fourth-order valence-electron chi connectivity index (χ4n) is 2.25. The number of carboxylic acids is 1. The van der Waals surface area contributed by atoms with Crippen LogP contribution in [0.1, 0.15) is 12.5 Å². The highest BCUT2D eigenvalue weighted by Crippen LogP contribution is 2.25. The molecule has 1 aliphatic heterocycles. The van der Waals surface area contributed by atoms with E-state index in [0.29, 0.717) is 25.2 Å². The molecular formula is C14H18N2O4. The second kappa shape index (κ2) is 5.50. The first-order chi connectivity index (χ1) is 9.38. The maximum Gasteiger partial charge on any atom is 0.329 e. The lowest BCUT2D eigenvalue weighted by atomic mass is 9.95. The van der Waals surface area contributed by atoms with Crippen LogP contribution >= 0.6 is 0 Å². The standard InChI is InChI=1S/C14H18N2O4/c1-14(20-7-13(18)19)8-16(9-14)12(17)6-10-3-2-4-11(15)5-10/h2-5H,6-9,15H2,1H3,(H,18,19). The average molecular weight is 278 g/mol. The summed E-state index contributed by atoms with van der Waals surface area (Å²) in [7, 11) is 0. The lowest BCUT2D eigenvalue weighted by Gasteiger charge is -2.47. The van der Waals surface area contributed by atoms with Crippen LogP contribution in [0.2, 0.25) is 0 Å². The zero-order chi connectivity index (χ0) is 14.8. The molecule has 0 bridgehead atoms. The van der Waals surface area contributed by atoms with Gasteiger partial charge in [0.25, 0.3) is 0 Å². The molecule has 1 amide bonds. The highest BCUT2D eigenvalue weighted by Gasteiger charge is 2.42. The number of aliphatic carboxylic acids is 1. The Kier molecular flexibility index (Phi) is 3.94. The van der Waals surface area contributed by atoms with Gasteiger partial charge in [0.1, 0.15) is 12.2 Å². The van der Waals surface area contributed by atoms with Gasteiger partial charge in [-0.15, -0.1) is 0 Å². The third-order valence-electron chi connectivity index (χ3n) is 3.25. The summed E-state index contributed by atoms with van der Waals surface area (Å²) in [4.78, 5) is 24.2. The Morgan fingerprint density at radius 1 is 1.45 bits per heavy atom. The Labute approximate surface area is 117 Å². The normalized spacial score (nSPS) is 16.6. The van der Waals surface area contributed by atoms with Gasteiger partial charge in [-0.1, -0.05) is 12.1 Å². The van der Waals surface area contributed by atoms with Crippen molar-refractivity contribution in [1.29, 1.82) is 0 Å². The molecule has 0 aliphatic carbocycles. The van der Waals surface area contributed by atoms with Crippen molar-refractivity contribution in [2.75, 3.05) is 25.4 Å². The van der Waals surface area contributed by atoms with Crippen molar-refractivity contribution >= 4 is 17.6 Å². The predicted molar refractivity (Wildman–Crippen MR) is 73.1 cm³/mol. The van der Waals surface area contributed by atoms with E-state index >= 15 is 0 Å². The molecule has 6 heteroatoms. The maximum atomic E-state index is 12.0. The molecule has 1 saturated heterocycles. The summed E-state index contributed by atoms with van der Waals surface area (Å²) < 4.78 is 5.26. The summed E-state index contributed by atoms with van der Waals surface area (Å²) in [5, 5.41) is 8.57. The van der Waals surface area contributed by atoms with Gasteiger partial charge in [-0.2, -0.15) is 0 Å². The zero-order valence-corrected chi connectivity index (χ0v) is 11.3. The van der Waals surface area contributed by atoms with E-state index in [9.17, 15) is 9.59 Å². The van der Waals surface area contributed by atoms with Gasteiger partial charge in [-0.25, -0.2) is 4.79 Å². The smallest absolute Gasteiger partial charge is 0.329 e. The lowest BCUT2D eigenvalue weighted by molar-refractivity contribution is -0.172. The molecule has 1 aromatic rings. The number of hydrogen-bond donors (Lipinski definition) is 2. The highest BCUT2D eigenvalue weighted by molar-refractivity contribution is 5.80. The fraction of sp³-hybridized carbons (Fsp3) is 0.429. The molecule has 20 heavy (non-hydrogen) atoms. The number of carboxylic acid groups (broad SMARTS) is 1. The monoisotopic (exact) mass is 278 g/mol.